The van der Waals surface area contributed by atoms with Crippen LogP contribution < -0.4 is 0 Å². The SMILES string of the molecule is O=Cc1cccc2oc(CC3CC3)cc12. The van der Waals surface area contributed by atoms with Crippen LogP contribution in [0.15, 0.2) is 28.7 Å². The van der Waals surface area contributed by atoms with E-state index in [0.717, 1.165) is 40.9 Å². The van der Waals surface area contributed by atoms with Gasteiger partial charge in [0, 0.05) is 17.4 Å². The molecule has 0 N–H and O–H groups in total. The highest BCUT2D eigenvalue weighted by Gasteiger charge is 2.23. The zero-order chi connectivity index (χ0) is 10.3. The van der Waals surface area contributed by atoms with Gasteiger partial charge in [-0.15, -0.1) is 0 Å². The number of hydrogen-bond donors (Lipinski definition) is 0. The van der Waals surface area contributed by atoms with E-state index in [0.29, 0.717) is 0 Å². The predicted molar refractivity (Wildman–Crippen MR) is 58.0 cm³/mol. The second kappa shape index (κ2) is 3.23. The van der Waals surface area contributed by atoms with Gasteiger partial charge in [-0.1, -0.05) is 12.1 Å². The standard InChI is InChI=1S/C13H12O2/c14-8-10-2-1-3-13-12(10)7-11(15-13)6-9-4-5-9/h1-3,7-9H,4-6H2. The Morgan fingerprint density at radius 2 is 2.27 bits per heavy atom. The molecule has 0 saturated heterocycles. The topological polar surface area (TPSA) is 30.2 Å². The Morgan fingerprint density at radius 3 is 3.00 bits per heavy atom. The number of rotatable bonds is 3. The van der Waals surface area contributed by atoms with Gasteiger partial charge in [0.15, 0.2) is 6.29 Å². The molecule has 1 aliphatic carbocycles. The van der Waals surface area contributed by atoms with E-state index in [1.54, 1.807) is 0 Å². The minimum absolute atomic E-state index is 0.721. The normalized spacial score (nSPS) is 15.7. The van der Waals surface area contributed by atoms with Crippen molar-refractivity contribution in [3.8, 4) is 0 Å². The van der Waals surface area contributed by atoms with Gasteiger partial charge in [0.05, 0.1) is 0 Å². The first kappa shape index (κ1) is 8.72. The monoisotopic (exact) mass is 200 g/mol. The lowest BCUT2D eigenvalue weighted by Crippen LogP contribution is -1.81. The molecule has 2 nitrogen and oxygen atoms in total. The van der Waals surface area contributed by atoms with Crippen molar-refractivity contribution in [3.63, 3.8) is 0 Å². The van der Waals surface area contributed by atoms with Gasteiger partial charge in [0.25, 0.3) is 0 Å². The van der Waals surface area contributed by atoms with Gasteiger partial charge >= 0.3 is 0 Å². The minimum Gasteiger partial charge on any atom is -0.461 e. The van der Waals surface area contributed by atoms with E-state index < -0.39 is 0 Å². The Morgan fingerprint density at radius 1 is 1.40 bits per heavy atom. The Balaban J connectivity index is 2.07. The maximum atomic E-state index is 10.8. The van der Waals surface area contributed by atoms with E-state index in [2.05, 4.69) is 0 Å². The molecule has 1 aromatic heterocycles. The fraction of sp³-hybridized carbons (Fsp3) is 0.308. The third kappa shape index (κ3) is 1.56. The van der Waals surface area contributed by atoms with Crippen molar-refractivity contribution in [2.75, 3.05) is 0 Å². The molecule has 1 heterocycles. The van der Waals surface area contributed by atoms with Crippen LogP contribution in [0.5, 0.6) is 0 Å². The summed E-state index contributed by atoms with van der Waals surface area (Å²) < 4.78 is 5.70. The Labute approximate surface area is 87.9 Å². The van der Waals surface area contributed by atoms with E-state index >= 15 is 0 Å². The van der Waals surface area contributed by atoms with Gasteiger partial charge in [0.1, 0.15) is 11.3 Å². The van der Waals surface area contributed by atoms with E-state index in [1.165, 1.54) is 12.8 Å². The van der Waals surface area contributed by atoms with Crippen LogP contribution in [-0.2, 0) is 6.42 Å². The molecule has 1 aromatic carbocycles. The van der Waals surface area contributed by atoms with Crippen molar-refractivity contribution >= 4 is 17.3 Å². The molecular formula is C13H12O2. The molecule has 0 bridgehead atoms. The van der Waals surface area contributed by atoms with Gasteiger partial charge in [-0.05, 0) is 30.9 Å². The van der Waals surface area contributed by atoms with Crippen LogP contribution in [0, 0.1) is 5.92 Å². The van der Waals surface area contributed by atoms with E-state index in [4.69, 9.17) is 4.42 Å². The summed E-state index contributed by atoms with van der Waals surface area (Å²) in [7, 11) is 0. The van der Waals surface area contributed by atoms with Crippen molar-refractivity contribution < 1.29 is 9.21 Å². The van der Waals surface area contributed by atoms with Gasteiger partial charge in [-0.2, -0.15) is 0 Å². The van der Waals surface area contributed by atoms with Crippen LogP contribution in [0.1, 0.15) is 29.0 Å². The van der Waals surface area contributed by atoms with Gasteiger partial charge in [-0.3, -0.25) is 4.79 Å². The van der Waals surface area contributed by atoms with Crippen molar-refractivity contribution in [1.29, 1.82) is 0 Å². The van der Waals surface area contributed by atoms with E-state index in [1.807, 2.05) is 24.3 Å². The summed E-state index contributed by atoms with van der Waals surface area (Å²) in [5, 5.41) is 0.947. The minimum atomic E-state index is 0.721. The van der Waals surface area contributed by atoms with Crippen LogP contribution in [-0.4, -0.2) is 6.29 Å². The molecule has 0 spiro atoms. The summed E-state index contributed by atoms with van der Waals surface area (Å²) in [6.07, 6.45) is 4.54. The maximum Gasteiger partial charge on any atom is 0.150 e. The lowest BCUT2D eigenvalue weighted by molar-refractivity contribution is 0.112. The van der Waals surface area contributed by atoms with Gasteiger partial charge < -0.3 is 4.42 Å². The largest absolute Gasteiger partial charge is 0.461 e. The summed E-state index contributed by atoms with van der Waals surface area (Å²) in [5.74, 6) is 1.83. The molecule has 0 atom stereocenters. The molecule has 1 fully saturated rings. The van der Waals surface area contributed by atoms with Crippen LogP contribution >= 0.6 is 0 Å². The summed E-state index contributed by atoms with van der Waals surface area (Å²) in [6.45, 7) is 0. The Hall–Kier alpha value is -1.57. The van der Waals surface area contributed by atoms with Crippen molar-refractivity contribution in [1.82, 2.24) is 0 Å². The fourth-order valence-corrected chi connectivity index (χ4v) is 1.95. The first-order chi connectivity index (χ1) is 7.36. The number of furan rings is 1. The molecule has 2 aromatic rings. The predicted octanol–water partition coefficient (Wildman–Crippen LogP) is 3.20. The number of carbonyl (C=O) groups excluding carboxylic acids is 1. The average Bonchev–Trinajstić information content (AvgIpc) is 2.95. The molecule has 3 rings (SSSR count). The molecular weight excluding hydrogens is 188 g/mol. The van der Waals surface area contributed by atoms with Crippen LogP contribution in [0.25, 0.3) is 11.0 Å². The van der Waals surface area contributed by atoms with Crippen LogP contribution in [0.4, 0.5) is 0 Å². The third-order valence-electron chi connectivity index (χ3n) is 2.96. The summed E-state index contributed by atoms with van der Waals surface area (Å²) in [6, 6.07) is 7.61. The number of benzene rings is 1. The number of fused-ring (bicyclic) bond motifs is 1. The highest BCUT2D eigenvalue weighted by atomic mass is 16.3. The second-order valence-corrected chi connectivity index (χ2v) is 4.24. The smallest absolute Gasteiger partial charge is 0.150 e. The molecule has 2 heteroatoms. The zero-order valence-electron chi connectivity index (χ0n) is 8.40. The quantitative estimate of drug-likeness (QED) is 0.712. The van der Waals surface area contributed by atoms with E-state index in [-0.39, 0.29) is 0 Å². The molecule has 0 aliphatic heterocycles. The molecule has 0 unspecified atom stereocenters. The average molecular weight is 200 g/mol. The van der Waals surface area contributed by atoms with Crippen LogP contribution in [0.2, 0.25) is 0 Å². The molecule has 0 radical (unpaired) electrons. The molecule has 0 amide bonds. The number of hydrogen-bond acceptors (Lipinski definition) is 2. The molecule has 1 aliphatic rings. The highest BCUT2D eigenvalue weighted by molar-refractivity contribution is 5.96. The van der Waals surface area contributed by atoms with Crippen molar-refractivity contribution in [2.24, 2.45) is 5.92 Å². The molecule has 76 valence electrons. The maximum absolute atomic E-state index is 10.8. The zero-order valence-corrected chi connectivity index (χ0v) is 8.40. The lowest BCUT2D eigenvalue weighted by Gasteiger charge is -1.90. The fourth-order valence-electron chi connectivity index (χ4n) is 1.95. The van der Waals surface area contributed by atoms with Crippen LogP contribution in [0.3, 0.4) is 0 Å². The highest BCUT2D eigenvalue weighted by Crippen LogP contribution is 2.34. The second-order valence-electron chi connectivity index (χ2n) is 4.24. The number of aldehydes is 1. The first-order valence-corrected chi connectivity index (χ1v) is 5.33. The van der Waals surface area contributed by atoms with Crippen molar-refractivity contribution in [3.05, 3.63) is 35.6 Å². The lowest BCUT2D eigenvalue weighted by atomic mass is 10.1. The first-order valence-electron chi connectivity index (χ1n) is 5.33. The Bertz CT molecular complexity index is 506. The summed E-state index contributed by atoms with van der Waals surface area (Å²) in [5.41, 5.74) is 1.55. The molecule has 1 saturated carbocycles. The van der Waals surface area contributed by atoms with Crippen molar-refractivity contribution in [2.45, 2.75) is 19.3 Å². The molecule has 15 heavy (non-hydrogen) atoms. The number of carbonyl (C=O) groups is 1. The Kier molecular flexibility index (Phi) is 1.88. The summed E-state index contributed by atoms with van der Waals surface area (Å²) >= 11 is 0. The van der Waals surface area contributed by atoms with Gasteiger partial charge in [-0.25, -0.2) is 0 Å². The third-order valence-corrected chi connectivity index (χ3v) is 2.96. The van der Waals surface area contributed by atoms with E-state index in [9.17, 15) is 4.79 Å². The summed E-state index contributed by atoms with van der Waals surface area (Å²) in [4.78, 5) is 10.8. The van der Waals surface area contributed by atoms with Gasteiger partial charge in [0.2, 0.25) is 0 Å².